The maximum absolute atomic E-state index is 11.4. The third kappa shape index (κ3) is 4.36. The zero-order chi connectivity index (χ0) is 11.1. The lowest BCUT2D eigenvalue weighted by molar-refractivity contribution is -0.113. The molecule has 1 rings (SSSR count). The largest absolute Gasteiger partial charge is 0.323 e. The van der Waals surface area contributed by atoms with Crippen molar-refractivity contribution in [2.24, 2.45) is 0 Å². The Balaban J connectivity index is 2.44. The summed E-state index contributed by atoms with van der Waals surface area (Å²) in [6.07, 6.45) is 3.33. The number of thioether (sulfide) groups is 1. The minimum Gasteiger partial charge on any atom is -0.323 e. The van der Waals surface area contributed by atoms with Crippen molar-refractivity contribution >= 4 is 35.0 Å². The highest BCUT2D eigenvalue weighted by Crippen LogP contribution is 2.17. The zero-order valence-corrected chi connectivity index (χ0v) is 9.64. The first-order valence-electron chi connectivity index (χ1n) is 4.33. The number of aromatic nitrogens is 1. The van der Waals surface area contributed by atoms with Crippen molar-refractivity contribution in [3.8, 4) is 0 Å². The number of anilines is 1. The number of hydrogen-bond donors (Lipinski definition) is 1. The van der Waals surface area contributed by atoms with Crippen molar-refractivity contribution in [1.29, 1.82) is 0 Å². The van der Waals surface area contributed by atoms with Gasteiger partial charge in [0.2, 0.25) is 5.91 Å². The molecule has 80 valence electrons. The van der Waals surface area contributed by atoms with Gasteiger partial charge < -0.3 is 5.32 Å². The van der Waals surface area contributed by atoms with Gasteiger partial charge in [-0.3, -0.25) is 4.79 Å². The molecule has 0 bridgehead atoms. The lowest BCUT2D eigenvalue weighted by Gasteiger charge is -2.05. The Morgan fingerprint density at radius 3 is 3.20 bits per heavy atom. The van der Waals surface area contributed by atoms with Gasteiger partial charge in [-0.15, -0.1) is 18.3 Å². The topological polar surface area (TPSA) is 42.0 Å². The molecular weight excluding hydrogens is 232 g/mol. The van der Waals surface area contributed by atoms with E-state index in [2.05, 4.69) is 16.9 Å². The third-order valence-electron chi connectivity index (χ3n) is 1.50. The predicted molar refractivity (Wildman–Crippen MR) is 65.4 cm³/mol. The minimum absolute atomic E-state index is 0.0863. The highest BCUT2D eigenvalue weighted by Gasteiger charge is 2.05. The van der Waals surface area contributed by atoms with Crippen LogP contribution in [-0.2, 0) is 4.79 Å². The number of halogens is 1. The Morgan fingerprint density at radius 1 is 1.73 bits per heavy atom. The molecule has 1 heterocycles. The SMILES string of the molecule is C=CCSCC(=O)Nc1cccnc1Cl. The molecule has 0 aliphatic rings. The summed E-state index contributed by atoms with van der Waals surface area (Å²) in [6, 6.07) is 3.43. The molecule has 1 N–H and O–H groups in total. The second kappa shape index (κ2) is 6.48. The fourth-order valence-electron chi connectivity index (χ4n) is 0.901. The van der Waals surface area contributed by atoms with Gasteiger partial charge in [0.05, 0.1) is 11.4 Å². The number of pyridine rings is 1. The lowest BCUT2D eigenvalue weighted by atomic mass is 10.4. The van der Waals surface area contributed by atoms with Crippen LogP contribution in [0.15, 0.2) is 31.0 Å². The summed E-state index contributed by atoms with van der Waals surface area (Å²) in [5, 5.41) is 2.99. The quantitative estimate of drug-likeness (QED) is 0.490. The first-order chi connectivity index (χ1) is 7.24. The van der Waals surface area contributed by atoms with Crippen LogP contribution < -0.4 is 5.32 Å². The van der Waals surface area contributed by atoms with Crippen molar-refractivity contribution in [3.05, 3.63) is 36.1 Å². The molecule has 15 heavy (non-hydrogen) atoms. The average Bonchev–Trinajstić information content (AvgIpc) is 2.22. The Labute approximate surface area is 97.9 Å². The number of hydrogen-bond acceptors (Lipinski definition) is 3. The van der Waals surface area contributed by atoms with Gasteiger partial charge in [-0.1, -0.05) is 17.7 Å². The summed E-state index contributed by atoms with van der Waals surface area (Å²) >= 11 is 7.27. The molecule has 0 fully saturated rings. The number of nitrogens with zero attached hydrogens (tertiary/aromatic N) is 1. The molecule has 1 aromatic rings. The van der Waals surface area contributed by atoms with E-state index < -0.39 is 0 Å². The molecule has 0 spiro atoms. The third-order valence-corrected chi connectivity index (χ3v) is 2.74. The van der Waals surface area contributed by atoms with Gasteiger partial charge in [0.15, 0.2) is 5.15 Å². The molecule has 0 atom stereocenters. The second-order valence-electron chi connectivity index (χ2n) is 2.69. The standard InChI is InChI=1S/C10H11ClN2OS/c1-2-6-15-7-9(14)13-8-4-3-5-12-10(8)11/h2-5H,1,6-7H2,(H,13,14). The molecule has 0 aromatic carbocycles. The smallest absolute Gasteiger partial charge is 0.234 e. The van der Waals surface area contributed by atoms with E-state index in [0.29, 0.717) is 16.6 Å². The molecule has 1 aromatic heterocycles. The van der Waals surface area contributed by atoms with Gasteiger partial charge >= 0.3 is 0 Å². The van der Waals surface area contributed by atoms with Crippen molar-refractivity contribution in [1.82, 2.24) is 4.98 Å². The number of carbonyl (C=O) groups excluding carboxylic acids is 1. The van der Waals surface area contributed by atoms with Gasteiger partial charge in [-0.2, -0.15) is 0 Å². The fourth-order valence-corrected chi connectivity index (χ4v) is 1.61. The number of rotatable bonds is 5. The number of amides is 1. The fraction of sp³-hybridized carbons (Fsp3) is 0.200. The molecule has 0 aliphatic carbocycles. The number of nitrogens with one attached hydrogen (secondary N) is 1. The van der Waals surface area contributed by atoms with Gasteiger partial charge in [0, 0.05) is 11.9 Å². The van der Waals surface area contributed by atoms with Crippen LogP contribution in [0.25, 0.3) is 0 Å². The van der Waals surface area contributed by atoms with Crippen LogP contribution in [0.2, 0.25) is 5.15 Å². The number of carbonyl (C=O) groups is 1. The van der Waals surface area contributed by atoms with Gasteiger partial charge in [-0.05, 0) is 12.1 Å². The first-order valence-corrected chi connectivity index (χ1v) is 5.86. The normalized spacial score (nSPS) is 9.67. The van der Waals surface area contributed by atoms with Crippen LogP contribution >= 0.6 is 23.4 Å². The second-order valence-corrected chi connectivity index (χ2v) is 4.08. The molecule has 0 unspecified atom stereocenters. The summed E-state index contributed by atoms with van der Waals surface area (Å²) in [5.74, 6) is 1.06. The average molecular weight is 243 g/mol. The molecule has 0 saturated carbocycles. The maximum Gasteiger partial charge on any atom is 0.234 e. The van der Waals surface area contributed by atoms with Gasteiger partial charge in [0.25, 0.3) is 0 Å². The van der Waals surface area contributed by atoms with Crippen LogP contribution in [0, 0.1) is 0 Å². The Morgan fingerprint density at radius 2 is 2.53 bits per heavy atom. The van der Waals surface area contributed by atoms with Crippen molar-refractivity contribution in [2.75, 3.05) is 16.8 Å². The predicted octanol–water partition coefficient (Wildman–Crippen LogP) is 2.59. The van der Waals surface area contributed by atoms with Gasteiger partial charge in [-0.25, -0.2) is 4.98 Å². The summed E-state index contributed by atoms with van der Waals surface area (Å²) in [6.45, 7) is 3.57. The van der Waals surface area contributed by atoms with Crippen molar-refractivity contribution in [3.63, 3.8) is 0 Å². The first kappa shape index (κ1) is 12.1. The minimum atomic E-state index is -0.0863. The molecule has 0 saturated heterocycles. The van der Waals surface area contributed by atoms with Gasteiger partial charge in [0.1, 0.15) is 0 Å². The Kier molecular flexibility index (Phi) is 5.21. The van der Waals surface area contributed by atoms with E-state index in [9.17, 15) is 4.79 Å². The van der Waals surface area contributed by atoms with E-state index in [1.54, 1.807) is 24.4 Å². The van der Waals surface area contributed by atoms with Crippen LogP contribution in [0.5, 0.6) is 0 Å². The zero-order valence-electron chi connectivity index (χ0n) is 8.07. The summed E-state index contributed by atoms with van der Waals surface area (Å²) in [7, 11) is 0. The Hall–Kier alpha value is -1.00. The molecule has 0 aliphatic heterocycles. The van der Waals surface area contributed by atoms with Crippen LogP contribution in [-0.4, -0.2) is 22.4 Å². The Bertz CT molecular complexity index is 357. The van der Waals surface area contributed by atoms with E-state index in [4.69, 9.17) is 11.6 Å². The van der Waals surface area contributed by atoms with Crippen molar-refractivity contribution < 1.29 is 4.79 Å². The molecule has 5 heteroatoms. The van der Waals surface area contributed by atoms with Crippen LogP contribution in [0.3, 0.4) is 0 Å². The maximum atomic E-state index is 11.4. The summed E-state index contributed by atoms with van der Waals surface area (Å²) < 4.78 is 0. The summed E-state index contributed by atoms with van der Waals surface area (Å²) in [5.41, 5.74) is 0.545. The monoisotopic (exact) mass is 242 g/mol. The lowest BCUT2D eigenvalue weighted by Crippen LogP contribution is -2.14. The molecule has 3 nitrogen and oxygen atoms in total. The highest BCUT2D eigenvalue weighted by molar-refractivity contribution is 8.00. The van der Waals surface area contributed by atoms with Crippen molar-refractivity contribution in [2.45, 2.75) is 0 Å². The van der Waals surface area contributed by atoms with Crippen LogP contribution in [0.1, 0.15) is 0 Å². The van der Waals surface area contributed by atoms with E-state index in [1.165, 1.54) is 11.8 Å². The molecule has 1 amide bonds. The van der Waals surface area contributed by atoms with E-state index in [-0.39, 0.29) is 5.91 Å². The van der Waals surface area contributed by atoms with E-state index in [1.807, 2.05) is 0 Å². The highest BCUT2D eigenvalue weighted by atomic mass is 35.5. The molecular formula is C10H11ClN2OS. The van der Waals surface area contributed by atoms with E-state index >= 15 is 0 Å². The molecule has 0 radical (unpaired) electrons. The van der Waals surface area contributed by atoms with E-state index in [0.717, 1.165) is 5.75 Å². The van der Waals surface area contributed by atoms with Crippen LogP contribution in [0.4, 0.5) is 5.69 Å². The summed E-state index contributed by atoms with van der Waals surface area (Å²) in [4.78, 5) is 15.2.